The van der Waals surface area contributed by atoms with Crippen LogP contribution in [0.15, 0.2) is 24.3 Å². The van der Waals surface area contributed by atoms with Crippen molar-refractivity contribution >= 4 is 80.3 Å². The summed E-state index contributed by atoms with van der Waals surface area (Å²) in [6.45, 7) is 8.55. The summed E-state index contributed by atoms with van der Waals surface area (Å²) in [6.07, 6.45) is 0.609. The second-order valence-electron chi connectivity index (χ2n) is 16.6. The number of rotatable bonds is 22. The fourth-order valence-electron chi connectivity index (χ4n) is 7.68. The number of benzene rings is 1. The maximum atomic E-state index is 13.6. The van der Waals surface area contributed by atoms with E-state index < -0.39 is 90.7 Å². The van der Waals surface area contributed by atoms with Gasteiger partial charge in [-0.2, -0.15) is 0 Å². The molecule has 1 aromatic carbocycles. The van der Waals surface area contributed by atoms with E-state index in [1.165, 1.54) is 11.9 Å². The Labute approximate surface area is 368 Å². The molecule has 6 atom stereocenters. The van der Waals surface area contributed by atoms with E-state index in [1.807, 2.05) is 53.9 Å². The molecular weight excluding hydrogens is 923 g/mol. The fourth-order valence-corrected chi connectivity index (χ4v) is 14.0. The van der Waals surface area contributed by atoms with Crippen molar-refractivity contribution in [3.8, 4) is 0 Å². The van der Waals surface area contributed by atoms with Crippen LogP contribution in [0.3, 0.4) is 0 Å². The molecule has 0 bridgehead atoms. The molecule has 18 nitrogen and oxygen atoms in total. The van der Waals surface area contributed by atoms with Crippen molar-refractivity contribution in [3.05, 3.63) is 29.8 Å². The zero-order valence-electron chi connectivity index (χ0n) is 36.8. The minimum atomic E-state index is -1.50. The van der Waals surface area contributed by atoms with Crippen molar-refractivity contribution < 1.29 is 53.1 Å². The SMILES string of the molecule is CCI(C)SC1CC(=O)N(CCC(=O)N[C@@H](CO)C(=O)N[C@@H](CO)C(=O)N2CCC[C@H]2C(=O)Nc2ccc(C[N+](C)(C)[C@H](C(=O)N[C@H](C(=O)NC)C(C)C)C(C)C)cc2)C1=O. The number of carbonyl (C=O) groups excluding carboxylic acids is 8. The third-order valence-electron chi connectivity index (χ3n) is 10.8. The summed E-state index contributed by atoms with van der Waals surface area (Å²) in [5, 5.41) is 32.7. The van der Waals surface area contributed by atoms with Crippen LogP contribution < -0.4 is 26.6 Å². The average molecular weight is 990 g/mol. The average Bonchev–Trinajstić information content (AvgIpc) is 3.80. The van der Waals surface area contributed by atoms with Crippen molar-refractivity contribution in [1.29, 1.82) is 0 Å². The molecule has 7 N–H and O–H groups in total. The first kappa shape index (κ1) is 51.5. The summed E-state index contributed by atoms with van der Waals surface area (Å²) >= 11 is -1.37. The number of halogens is 1. The molecule has 0 aromatic heterocycles. The van der Waals surface area contributed by atoms with Crippen LogP contribution in [0, 0.1) is 11.8 Å². The molecule has 61 heavy (non-hydrogen) atoms. The first-order valence-corrected chi connectivity index (χ1v) is 27.7. The molecule has 2 saturated heterocycles. The van der Waals surface area contributed by atoms with Gasteiger partial charge in [0.1, 0.15) is 18.6 Å². The van der Waals surface area contributed by atoms with Crippen LogP contribution in [0.25, 0.3) is 0 Å². The number of hydrogen-bond acceptors (Lipinski definition) is 11. The Bertz CT molecular complexity index is 1750. The first-order valence-electron chi connectivity index (χ1n) is 20.6. The second kappa shape index (κ2) is 23.5. The molecular formula is C41H66IN8O10S+. The molecule has 0 spiro atoms. The summed E-state index contributed by atoms with van der Waals surface area (Å²) in [5.74, 6) is -4.17. The third kappa shape index (κ3) is 14.1. The Morgan fingerprint density at radius 2 is 1.54 bits per heavy atom. The van der Waals surface area contributed by atoms with Gasteiger partial charge < -0.3 is 30.4 Å². The number of carbonyl (C=O) groups is 8. The van der Waals surface area contributed by atoms with Gasteiger partial charge in [-0.3, -0.25) is 19.2 Å². The molecule has 1 aromatic rings. The van der Waals surface area contributed by atoms with Gasteiger partial charge in [0.25, 0.3) is 5.91 Å². The van der Waals surface area contributed by atoms with Crippen LogP contribution >= 0.6 is 27.4 Å². The molecule has 0 saturated carbocycles. The number of aliphatic hydroxyl groups is 2. The Balaban J connectivity index is 1.58. The number of anilines is 1. The van der Waals surface area contributed by atoms with E-state index in [0.717, 1.165) is 14.9 Å². The number of hydrogen-bond donors (Lipinski definition) is 7. The summed E-state index contributed by atoms with van der Waals surface area (Å²) in [5.41, 5.74) is 1.37. The van der Waals surface area contributed by atoms with Crippen molar-refractivity contribution in [2.45, 2.75) is 102 Å². The van der Waals surface area contributed by atoms with Gasteiger partial charge in [0.05, 0.1) is 20.7 Å². The quantitative estimate of drug-likeness (QED) is 0.0363. The van der Waals surface area contributed by atoms with Crippen LogP contribution in [0.2, 0.25) is 0 Å². The summed E-state index contributed by atoms with van der Waals surface area (Å²) in [6, 6.07) is 2.11. The number of nitrogens with zero attached hydrogens (tertiary/aromatic N) is 3. The standard InChI is InChI=1S/C41H65IN8O10S/c1-10-42(6)61-31-20-33(54)49(41(31)60)19-17-32(53)45-28(22-51)36(55)46-29(23-52)40(59)48-18-11-12-30(48)37(56)44-27-15-13-26(14-16-27)21-50(8,9)35(25(4)5)39(58)47-34(24(2)3)38(57)43-7/h13-16,24-25,28-31,34-35,51-52H,10-12,17-23H2,1-9H3,(H4-,43,44,45,46,47,53,55,56,57,58)/p+1/t28-,29-,30-,31?,34-,35-/m0/s1. The van der Waals surface area contributed by atoms with Crippen molar-refractivity contribution in [2.24, 2.45) is 11.8 Å². The maximum absolute atomic E-state index is 13.6. The summed E-state index contributed by atoms with van der Waals surface area (Å²) in [7, 11) is 7.01. The first-order chi connectivity index (χ1) is 28.7. The normalized spacial score (nSPS) is 19.0. The molecule has 2 heterocycles. The Kier molecular flexibility index (Phi) is 19.9. The van der Waals surface area contributed by atoms with E-state index in [9.17, 15) is 48.6 Å². The minimum absolute atomic E-state index is 0.0512. The molecule has 20 heteroatoms. The molecule has 2 aliphatic heterocycles. The van der Waals surface area contributed by atoms with Gasteiger partial charge >= 0.3 is 150 Å². The van der Waals surface area contributed by atoms with E-state index in [-0.39, 0.29) is 61.4 Å². The van der Waals surface area contributed by atoms with E-state index in [4.69, 9.17) is 0 Å². The number of amides is 8. The molecule has 2 aliphatic rings. The molecule has 8 amide bonds. The van der Waals surface area contributed by atoms with Gasteiger partial charge in [-0.05, 0) is 30.9 Å². The molecule has 342 valence electrons. The number of imide groups is 1. The number of likely N-dealkylation sites (tertiary alicyclic amines) is 2. The number of alkyl halides is 2. The van der Waals surface area contributed by atoms with Gasteiger partial charge in [0.2, 0.25) is 17.7 Å². The van der Waals surface area contributed by atoms with Crippen LogP contribution in [-0.2, 0) is 44.9 Å². The number of nitrogens with one attached hydrogen (secondary N) is 5. The van der Waals surface area contributed by atoms with Gasteiger partial charge in [-0.25, -0.2) is 0 Å². The Morgan fingerprint density at radius 1 is 0.902 bits per heavy atom. The Hall–Kier alpha value is -3.86. The number of likely N-dealkylation sites (N-methyl/N-ethyl adjacent to an activating group) is 2. The zero-order valence-corrected chi connectivity index (χ0v) is 39.8. The zero-order chi connectivity index (χ0) is 45.8. The van der Waals surface area contributed by atoms with E-state index in [2.05, 4.69) is 38.4 Å². The van der Waals surface area contributed by atoms with Gasteiger partial charge in [-0.1, -0.05) is 39.8 Å². The van der Waals surface area contributed by atoms with Gasteiger partial charge in [-0.15, -0.1) is 0 Å². The van der Waals surface area contributed by atoms with Gasteiger partial charge in [0, 0.05) is 30.8 Å². The molecule has 0 aliphatic carbocycles. The van der Waals surface area contributed by atoms with E-state index >= 15 is 0 Å². The van der Waals surface area contributed by atoms with Crippen molar-refractivity contribution in [1.82, 2.24) is 31.1 Å². The topological polar surface area (TPSA) is 244 Å². The van der Waals surface area contributed by atoms with Crippen molar-refractivity contribution in [2.75, 3.05) is 62.1 Å². The number of quaternary nitrogens is 1. The third-order valence-corrected chi connectivity index (χ3v) is 19.8. The van der Waals surface area contributed by atoms with Crippen molar-refractivity contribution in [3.63, 3.8) is 0 Å². The van der Waals surface area contributed by atoms with Crippen LogP contribution in [0.5, 0.6) is 0 Å². The molecule has 1 unspecified atom stereocenters. The van der Waals surface area contributed by atoms with Crippen LogP contribution in [0.4, 0.5) is 5.69 Å². The van der Waals surface area contributed by atoms with Gasteiger partial charge in [0.15, 0.2) is 6.04 Å². The molecule has 0 radical (unpaired) electrons. The Morgan fingerprint density at radius 3 is 2.10 bits per heavy atom. The fraction of sp³-hybridized carbons (Fsp3) is 0.659. The monoisotopic (exact) mass is 989 g/mol. The van der Waals surface area contributed by atoms with E-state index in [0.29, 0.717) is 29.6 Å². The predicted molar refractivity (Wildman–Crippen MR) is 241 cm³/mol. The van der Waals surface area contributed by atoms with E-state index in [1.54, 1.807) is 21.1 Å². The molecule has 3 rings (SSSR count). The molecule has 2 fully saturated rings. The summed E-state index contributed by atoms with van der Waals surface area (Å²) < 4.78 is 1.28. The summed E-state index contributed by atoms with van der Waals surface area (Å²) in [4.78, 5) is 109. The number of aliphatic hydroxyl groups excluding tert-OH is 2. The predicted octanol–water partition coefficient (Wildman–Crippen LogP) is 0.380. The van der Waals surface area contributed by atoms with Crippen LogP contribution in [-0.4, -0.2) is 164 Å². The second-order valence-corrected chi connectivity index (χ2v) is 27.0. The van der Waals surface area contributed by atoms with Crippen LogP contribution in [0.1, 0.15) is 65.9 Å².